The van der Waals surface area contributed by atoms with Crippen molar-refractivity contribution in [3.8, 4) is 0 Å². The number of fused-ring (bicyclic) bond motifs is 1. The van der Waals surface area contributed by atoms with E-state index in [1.807, 2.05) is 59.5 Å². The Labute approximate surface area is 174 Å². The number of hydrogen-bond acceptors (Lipinski definition) is 3. The summed E-state index contributed by atoms with van der Waals surface area (Å²) in [4.78, 5) is 39.5. The van der Waals surface area contributed by atoms with Crippen molar-refractivity contribution in [1.82, 2.24) is 14.0 Å². The second-order valence-electron chi connectivity index (χ2n) is 7.74. The first-order valence-electron chi connectivity index (χ1n) is 10.3. The number of aromatic nitrogens is 2. The Bertz CT molecular complexity index is 1110. The van der Waals surface area contributed by atoms with E-state index in [0.717, 1.165) is 16.7 Å². The number of imidazole rings is 1. The first-order valence-corrected chi connectivity index (χ1v) is 10.3. The number of aryl methyl sites for hydroxylation is 2. The molecule has 0 saturated carbocycles. The second kappa shape index (κ2) is 8.57. The summed E-state index contributed by atoms with van der Waals surface area (Å²) >= 11 is 0. The molecule has 3 aromatic rings. The van der Waals surface area contributed by atoms with E-state index in [-0.39, 0.29) is 29.8 Å². The molecule has 1 saturated heterocycles. The first kappa shape index (κ1) is 19.9. The molecular weight excluding hydrogens is 380 g/mol. The molecule has 0 unspecified atom stereocenters. The summed E-state index contributed by atoms with van der Waals surface area (Å²) in [7, 11) is 1.74. The van der Waals surface area contributed by atoms with Crippen LogP contribution in [0.1, 0.15) is 19.3 Å². The monoisotopic (exact) mass is 406 g/mol. The fraction of sp³-hybridized carbons (Fsp3) is 0.348. The maximum atomic E-state index is 12.7. The van der Waals surface area contributed by atoms with Crippen LogP contribution in [-0.4, -0.2) is 38.9 Å². The van der Waals surface area contributed by atoms with E-state index < -0.39 is 0 Å². The van der Waals surface area contributed by atoms with Gasteiger partial charge < -0.3 is 10.2 Å². The average molecular weight is 406 g/mol. The van der Waals surface area contributed by atoms with Gasteiger partial charge >= 0.3 is 5.69 Å². The van der Waals surface area contributed by atoms with Gasteiger partial charge in [0.2, 0.25) is 11.8 Å². The molecule has 0 spiro atoms. The van der Waals surface area contributed by atoms with Crippen LogP contribution in [-0.2, 0) is 23.2 Å². The molecule has 4 rings (SSSR count). The number of nitrogens with zero attached hydrogens (tertiary/aromatic N) is 3. The molecule has 7 nitrogen and oxygen atoms in total. The summed E-state index contributed by atoms with van der Waals surface area (Å²) in [6.45, 7) is 1.49. The lowest BCUT2D eigenvalue weighted by atomic mass is 9.95. The Morgan fingerprint density at radius 2 is 1.60 bits per heavy atom. The molecule has 2 amide bonds. The van der Waals surface area contributed by atoms with E-state index >= 15 is 0 Å². The van der Waals surface area contributed by atoms with Gasteiger partial charge in [0.05, 0.1) is 11.0 Å². The van der Waals surface area contributed by atoms with Crippen molar-refractivity contribution in [1.29, 1.82) is 0 Å². The molecule has 30 heavy (non-hydrogen) atoms. The molecule has 0 aliphatic carbocycles. The number of nitrogens with one attached hydrogen (secondary N) is 1. The van der Waals surface area contributed by atoms with Gasteiger partial charge in [-0.3, -0.25) is 18.7 Å². The zero-order valence-electron chi connectivity index (χ0n) is 17.1. The minimum Gasteiger partial charge on any atom is -0.343 e. The molecule has 2 aromatic carbocycles. The lowest BCUT2D eigenvalue weighted by Gasteiger charge is -2.31. The number of para-hydroxylation sites is 3. The quantitative estimate of drug-likeness (QED) is 0.708. The number of carbonyl (C=O) groups is 2. The van der Waals surface area contributed by atoms with E-state index in [2.05, 4.69) is 5.32 Å². The molecule has 2 heterocycles. The largest absolute Gasteiger partial charge is 0.343 e. The fourth-order valence-corrected chi connectivity index (χ4v) is 4.10. The number of anilines is 1. The predicted octanol–water partition coefficient (Wildman–Crippen LogP) is 2.61. The van der Waals surface area contributed by atoms with E-state index in [9.17, 15) is 14.4 Å². The maximum Gasteiger partial charge on any atom is 0.328 e. The van der Waals surface area contributed by atoms with Crippen LogP contribution in [0.15, 0.2) is 59.4 Å². The standard InChI is InChI=1S/C23H26N4O3/c1-25-19-9-5-6-10-20(19)27(23(25)30)16-13-21(28)26-14-11-17(12-15-26)22(29)24-18-7-3-2-4-8-18/h2-10,17H,11-16H2,1H3,(H,24,29). The molecule has 0 bridgehead atoms. The van der Waals surface area contributed by atoms with Gasteiger partial charge in [-0.2, -0.15) is 0 Å². The normalized spacial score (nSPS) is 14.8. The highest BCUT2D eigenvalue weighted by molar-refractivity contribution is 5.92. The van der Waals surface area contributed by atoms with Crippen molar-refractivity contribution in [2.75, 3.05) is 18.4 Å². The van der Waals surface area contributed by atoms with Crippen molar-refractivity contribution in [2.24, 2.45) is 13.0 Å². The van der Waals surface area contributed by atoms with Crippen LogP contribution in [0.2, 0.25) is 0 Å². The van der Waals surface area contributed by atoms with Crippen molar-refractivity contribution < 1.29 is 9.59 Å². The van der Waals surface area contributed by atoms with Gasteiger partial charge in [-0.1, -0.05) is 30.3 Å². The Balaban J connectivity index is 1.32. The summed E-state index contributed by atoms with van der Waals surface area (Å²) in [5, 5.41) is 2.95. The van der Waals surface area contributed by atoms with Gasteiger partial charge in [-0.15, -0.1) is 0 Å². The summed E-state index contributed by atoms with van der Waals surface area (Å²) in [6, 6.07) is 17.0. The molecule has 1 aliphatic heterocycles. The number of likely N-dealkylation sites (tertiary alicyclic amines) is 1. The van der Waals surface area contributed by atoms with Gasteiger partial charge in [0.25, 0.3) is 0 Å². The lowest BCUT2D eigenvalue weighted by molar-refractivity contribution is -0.134. The highest BCUT2D eigenvalue weighted by Crippen LogP contribution is 2.20. The van der Waals surface area contributed by atoms with Crippen LogP contribution in [0, 0.1) is 5.92 Å². The van der Waals surface area contributed by atoms with Gasteiger partial charge in [0.1, 0.15) is 0 Å². The van der Waals surface area contributed by atoms with Crippen LogP contribution in [0.5, 0.6) is 0 Å². The number of hydrogen-bond donors (Lipinski definition) is 1. The molecule has 1 aliphatic rings. The van der Waals surface area contributed by atoms with Crippen LogP contribution >= 0.6 is 0 Å². The molecule has 156 valence electrons. The van der Waals surface area contributed by atoms with E-state index in [0.29, 0.717) is 32.5 Å². The number of rotatable bonds is 5. The summed E-state index contributed by atoms with van der Waals surface area (Å²) in [6.07, 6.45) is 1.58. The van der Waals surface area contributed by atoms with Gasteiger partial charge in [-0.25, -0.2) is 4.79 Å². The second-order valence-corrected chi connectivity index (χ2v) is 7.74. The smallest absolute Gasteiger partial charge is 0.328 e. The fourth-order valence-electron chi connectivity index (χ4n) is 4.10. The number of amides is 2. The molecule has 0 radical (unpaired) electrons. The third-order valence-corrected chi connectivity index (χ3v) is 5.86. The van der Waals surface area contributed by atoms with E-state index in [1.165, 1.54) is 0 Å². The maximum absolute atomic E-state index is 12.7. The molecule has 1 aromatic heterocycles. The van der Waals surface area contributed by atoms with Gasteiger partial charge in [0.15, 0.2) is 0 Å². The van der Waals surface area contributed by atoms with Crippen LogP contribution in [0.4, 0.5) is 5.69 Å². The minimum atomic E-state index is -0.111. The predicted molar refractivity (Wildman–Crippen MR) is 116 cm³/mol. The van der Waals surface area contributed by atoms with Gasteiger partial charge in [-0.05, 0) is 37.1 Å². The molecule has 1 N–H and O–H groups in total. The third-order valence-electron chi connectivity index (χ3n) is 5.86. The Morgan fingerprint density at radius 3 is 2.30 bits per heavy atom. The highest BCUT2D eigenvalue weighted by Gasteiger charge is 2.27. The van der Waals surface area contributed by atoms with Crippen molar-refractivity contribution >= 4 is 28.5 Å². The molecule has 0 atom stereocenters. The van der Waals surface area contributed by atoms with Crippen molar-refractivity contribution in [3.05, 3.63) is 65.1 Å². The van der Waals surface area contributed by atoms with Crippen LogP contribution in [0.25, 0.3) is 11.0 Å². The lowest BCUT2D eigenvalue weighted by Crippen LogP contribution is -2.42. The summed E-state index contributed by atoms with van der Waals surface area (Å²) < 4.78 is 3.27. The van der Waals surface area contributed by atoms with E-state index in [4.69, 9.17) is 0 Å². The Kier molecular flexibility index (Phi) is 5.70. The third kappa shape index (κ3) is 4.01. The SMILES string of the molecule is Cn1c(=O)n(CCC(=O)N2CCC(C(=O)Nc3ccccc3)CC2)c2ccccc21. The first-order chi connectivity index (χ1) is 14.5. The average Bonchev–Trinajstić information content (AvgIpc) is 3.03. The van der Waals surface area contributed by atoms with Crippen molar-refractivity contribution in [3.63, 3.8) is 0 Å². The van der Waals surface area contributed by atoms with Crippen LogP contribution < -0.4 is 11.0 Å². The summed E-state index contributed by atoms with van der Waals surface area (Å²) in [5.41, 5.74) is 2.39. The summed E-state index contributed by atoms with van der Waals surface area (Å²) in [5.74, 6) is -0.0534. The zero-order chi connectivity index (χ0) is 21.1. The number of benzene rings is 2. The Morgan fingerprint density at radius 1 is 0.967 bits per heavy atom. The Hall–Kier alpha value is -3.35. The van der Waals surface area contributed by atoms with Gasteiger partial charge in [0, 0.05) is 44.7 Å². The van der Waals surface area contributed by atoms with E-state index in [1.54, 1.807) is 16.2 Å². The number of piperidine rings is 1. The number of carbonyl (C=O) groups excluding carboxylic acids is 2. The minimum absolute atomic E-state index is 0.00982. The van der Waals surface area contributed by atoms with Crippen molar-refractivity contribution in [2.45, 2.75) is 25.8 Å². The topological polar surface area (TPSA) is 76.3 Å². The molecule has 7 heteroatoms. The van der Waals surface area contributed by atoms with Crippen LogP contribution in [0.3, 0.4) is 0 Å². The molecule has 1 fully saturated rings. The zero-order valence-corrected chi connectivity index (χ0v) is 17.1. The highest BCUT2D eigenvalue weighted by atomic mass is 16.2. The molecular formula is C23H26N4O3.